The van der Waals surface area contributed by atoms with Crippen molar-refractivity contribution in [3.8, 4) is 0 Å². The van der Waals surface area contributed by atoms with E-state index in [9.17, 15) is 4.79 Å². The zero-order chi connectivity index (χ0) is 13.1. The lowest BCUT2D eigenvalue weighted by atomic mass is 10.2. The van der Waals surface area contributed by atoms with Gasteiger partial charge in [-0.2, -0.15) is 0 Å². The smallest absolute Gasteiger partial charge is 0.257 e. The third kappa shape index (κ3) is 3.17. The average Bonchev–Trinajstić information content (AvgIpc) is 2.77. The number of aromatic nitrogens is 1. The standard InChI is InChI=1S/C13H13BrN2OS/c1-8(2)11-7-15-13(18-11)16-12(17)9-4-3-5-10(14)6-9/h3-8H,1-2H3,(H,15,16,17). The Morgan fingerprint density at radius 2 is 2.22 bits per heavy atom. The van der Waals surface area contributed by atoms with E-state index in [0.717, 1.165) is 4.47 Å². The van der Waals surface area contributed by atoms with Crippen LogP contribution in [0.25, 0.3) is 0 Å². The van der Waals surface area contributed by atoms with Gasteiger partial charge in [0, 0.05) is 21.1 Å². The van der Waals surface area contributed by atoms with E-state index in [4.69, 9.17) is 0 Å². The molecule has 0 radical (unpaired) electrons. The molecule has 0 aliphatic rings. The molecule has 1 heterocycles. The molecular weight excluding hydrogens is 312 g/mol. The Kier molecular flexibility index (Phi) is 4.14. The number of amides is 1. The second-order valence-corrected chi connectivity index (χ2v) is 6.16. The van der Waals surface area contributed by atoms with Gasteiger partial charge >= 0.3 is 0 Å². The van der Waals surface area contributed by atoms with Gasteiger partial charge in [-0.25, -0.2) is 4.98 Å². The highest BCUT2D eigenvalue weighted by Crippen LogP contribution is 2.25. The van der Waals surface area contributed by atoms with Crippen LogP contribution in [0.2, 0.25) is 0 Å². The van der Waals surface area contributed by atoms with Gasteiger partial charge < -0.3 is 0 Å². The number of nitrogens with one attached hydrogen (secondary N) is 1. The Bertz CT molecular complexity index is 566. The Morgan fingerprint density at radius 1 is 1.44 bits per heavy atom. The van der Waals surface area contributed by atoms with Crippen LogP contribution < -0.4 is 5.32 Å². The molecule has 1 aromatic heterocycles. The van der Waals surface area contributed by atoms with Gasteiger partial charge in [0.15, 0.2) is 5.13 Å². The Hall–Kier alpha value is -1.20. The molecule has 0 saturated heterocycles. The second kappa shape index (κ2) is 5.63. The fraction of sp³-hybridized carbons (Fsp3) is 0.231. The van der Waals surface area contributed by atoms with Crippen molar-refractivity contribution in [2.24, 2.45) is 0 Å². The van der Waals surface area contributed by atoms with E-state index < -0.39 is 0 Å². The Balaban J connectivity index is 2.11. The minimum atomic E-state index is -0.138. The van der Waals surface area contributed by atoms with Crippen LogP contribution in [0.15, 0.2) is 34.9 Å². The fourth-order valence-electron chi connectivity index (χ4n) is 1.41. The van der Waals surface area contributed by atoms with Gasteiger partial charge in [-0.05, 0) is 24.1 Å². The number of rotatable bonds is 3. The molecule has 0 fully saturated rings. The topological polar surface area (TPSA) is 42.0 Å². The molecule has 94 valence electrons. The largest absolute Gasteiger partial charge is 0.298 e. The molecule has 0 aliphatic heterocycles. The molecule has 18 heavy (non-hydrogen) atoms. The molecule has 1 N–H and O–H groups in total. The first-order valence-corrected chi connectivity index (χ1v) is 7.20. The quantitative estimate of drug-likeness (QED) is 0.915. The molecule has 3 nitrogen and oxygen atoms in total. The first kappa shape index (κ1) is 13.2. The molecule has 0 bridgehead atoms. The summed E-state index contributed by atoms with van der Waals surface area (Å²) in [4.78, 5) is 17.3. The van der Waals surface area contributed by atoms with Crippen LogP contribution in [0.5, 0.6) is 0 Å². The zero-order valence-corrected chi connectivity index (χ0v) is 12.5. The zero-order valence-electron chi connectivity index (χ0n) is 10.1. The van der Waals surface area contributed by atoms with E-state index in [1.807, 2.05) is 18.3 Å². The van der Waals surface area contributed by atoms with Crippen molar-refractivity contribution in [3.05, 3.63) is 45.4 Å². The number of halogens is 1. The summed E-state index contributed by atoms with van der Waals surface area (Å²) in [6.07, 6.45) is 1.81. The van der Waals surface area contributed by atoms with E-state index in [2.05, 4.69) is 40.1 Å². The SMILES string of the molecule is CC(C)c1cnc(NC(=O)c2cccc(Br)c2)s1. The van der Waals surface area contributed by atoms with Gasteiger partial charge in [-0.15, -0.1) is 11.3 Å². The highest BCUT2D eigenvalue weighted by Gasteiger charge is 2.10. The molecule has 2 rings (SSSR count). The molecule has 1 aromatic carbocycles. The van der Waals surface area contributed by atoms with Crippen molar-refractivity contribution in [1.82, 2.24) is 4.98 Å². The lowest BCUT2D eigenvalue weighted by Gasteiger charge is -2.02. The van der Waals surface area contributed by atoms with Crippen LogP contribution in [0.4, 0.5) is 5.13 Å². The summed E-state index contributed by atoms with van der Waals surface area (Å²) in [5.74, 6) is 0.292. The molecule has 2 aromatic rings. The number of nitrogens with zero attached hydrogens (tertiary/aromatic N) is 1. The van der Waals surface area contributed by atoms with E-state index >= 15 is 0 Å². The normalized spacial score (nSPS) is 10.7. The highest BCUT2D eigenvalue weighted by molar-refractivity contribution is 9.10. The molecule has 5 heteroatoms. The summed E-state index contributed by atoms with van der Waals surface area (Å²) in [6, 6.07) is 7.28. The van der Waals surface area contributed by atoms with Crippen molar-refractivity contribution in [1.29, 1.82) is 0 Å². The summed E-state index contributed by atoms with van der Waals surface area (Å²) in [5, 5.41) is 3.45. The monoisotopic (exact) mass is 324 g/mol. The van der Waals surface area contributed by atoms with Crippen LogP contribution in [-0.4, -0.2) is 10.9 Å². The van der Waals surface area contributed by atoms with Crippen molar-refractivity contribution in [2.75, 3.05) is 5.32 Å². The Labute approximate surface area is 118 Å². The summed E-state index contributed by atoms with van der Waals surface area (Å²) in [7, 11) is 0. The maximum Gasteiger partial charge on any atom is 0.257 e. The number of benzene rings is 1. The van der Waals surface area contributed by atoms with Crippen LogP contribution in [0.3, 0.4) is 0 Å². The van der Waals surface area contributed by atoms with Crippen molar-refractivity contribution in [2.45, 2.75) is 19.8 Å². The van der Waals surface area contributed by atoms with Crippen LogP contribution in [0, 0.1) is 0 Å². The maximum atomic E-state index is 12.0. The maximum absolute atomic E-state index is 12.0. The predicted octanol–water partition coefficient (Wildman–Crippen LogP) is 4.28. The number of anilines is 1. The summed E-state index contributed by atoms with van der Waals surface area (Å²) < 4.78 is 0.886. The number of carbonyl (C=O) groups excluding carboxylic acids is 1. The van der Waals surface area contributed by atoms with Crippen molar-refractivity contribution in [3.63, 3.8) is 0 Å². The second-order valence-electron chi connectivity index (χ2n) is 4.19. The van der Waals surface area contributed by atoms with E-state index in [1.165, 1.54) is 16.2 Å². The summed E-state index contributed by atoms with van der Waals surface area (Å²) in [6.45, 7) is 4.21. The van der Waals surface area contributed by atoms with E-state index in [1.54, 1.807) is 12.1 Å². The third-order valence-electron chi connectivity index (χ3n) is 2.40. The molecule has 1 amide bonds. The minimum absolute atomic E-state index is 0.138. The molecule has 0 atom stereocenters. The van der Waals surface area contributed by atoms with E-state index in [-0.39, 0.29) is 5.91 Å². The van der Waals surface area contributed by atoms with E-state index in [0.29, 0.717) is 16.6 Å². The van der Waals surface area contributed by atoms with Gasteiger partial charge in [-0.1, -0.05) is 35.8 Å². The average molecular weight is 325 g/mol. The molecule has 0 saturated carbocycles. The van der Waals surface area contributed by atoms with Gasteiger partial charge in [0.2, 0.25) is 0 Å². The number of hydrogen-bond donors (Lipinski definition) is 1. The minimum Gasteiger partial charge on any atom is -0.298 e. The van der Waals surface area contributed by atoms with Crippen molar-refractivity contribution < 1.29 is 4.79 Å². The molecule has 0 spiro atoms. The first-order valence-electron chi connectivity index (χ1n) is 5.59. The van der Waals surface area contributed by atoms with Gasteiger partial charge in [0.05, 0.1) is 0 Å². The lowest BCUT2D eigenvalue weighted by molar-refractivity contribution is 0.102. The Morgan fingerprint density at radius 3 is 2.83 bits per heavy atom. The highest BCUT2D eigenvalue weighted by atomic mass is 79.9. The van der Waals surface area contributed by atoms with Crippen molar-refractivity contribution >= 4 is 38.3 Å². The molecule has 0 unspecified atom stereocenters. The fourth-order valence-corrected chi connectivity index (χ4v) is 2.62. The molecule has 0 aliphatic carbocycles. The van der Waals surface area contributed by atoms with Crippen LogP contribution in [0.1, 0.15) is 35.0 Å². The third-order valence-corrected chi connectivity index (χ3v) is 4.11. The first-order chi connectivity index (χ1) is 8.56. The van der Waals surface area contributed by atoms with Gasteiger partial charge in [-0.3, -0.25) is 10.1 Å². The number of thiazole rings is 1. The van der Waals surface area contributed by atoms with Gasteiger partial charge in [0.25, 0.3) is 5.91 Å². The molecular formula is C13H13BrN2OS. The van der Waals surface area contributed by atoms with Crippen LogP contribution in [-0.2, 0) is 0 Å². The van der Waals surface area contributed by atoms with Gasteiger partial charge in [0.1, 0.15) is 0 Å². The summed E-state index contributed by atoms with van der Waals surface area (Å²) >= 11 is 4.86. The predicted molar refractivity (Wildman–Crippen MR) is 78.3 cm³/mol. The summed E-state index contributed by atoms with van der Waals surface area (Å²) in [5.41, 5.74) is 0.616. The van der Waals surface area contributed by atoms with Crippen LogP contribution >= 0.6 is 27.3 Å². The number of carbonyl (C=O) groups is 1. The number of hydrogen-bond acceptors (Lipinski definition) is 3. The lowest BCUT2D eigenvalue weighted by Crippen LogP contribution is -2.11.